The molecule has 1 aromatic heterocycles. The second-order valence-electron chi connectivity index (χ2n) is 5.67. The molecule has 0 saturated heterocycles. The zero-order valence-corrected chi connectivity index (χ0v) is 12.8. The summed E-state index contributed by atoms with van der Waals surface area (Å²) >= 11 is 1.54. The number of carbonyl (C=O) groups is 1. The number of thiophene rings is 1. The van der Waals surface area contributed by atoms with Gasteiger partial charge < -0.3 is 11.1 Å². The highest BCUT2D eigenvalue weighted by Crippen LogP contribution is 2.22. The van der Waals surface area contributed by atoms with Crippen molar-refractivity contribution in [1.29, 1.82) is 0 Å². The lowest BCUT2D eigenvalue weighted by Crippen LogP contribution is -2.52. The molecule has 1 aromatic rings. The summed E-state index contributed by atoms with van der Waals surface area (Å²) in [4.78, 5) is 14.2. The van der Waals surface area contributed by atoms with Gasteiger partial charge in [-0.25, -0.2) is 0 Å². The first-order valence-electron chi connectivity index (χ1n) is 6.37. The highest BCUT2D eigenvalue weighted by Gasteiger charge is 2.26. The Hall–Kier alpha value is -0.870. The molecule has 0 radical (unpaired) electrons. The summed E-state index contributed by atoms with van der Waals surface area (Å²) in [5, 5.41) is 3.08. The number of rotatable bonds is 5. The minimum Gasteiger partial charge on any atom is -0.345 e. The summed E-state index contributed by atoms with van der Waals surface area (Å²) in [6.45, 7) is 10.8. The van der Waals surface area contributed by atoms with E-state index < -0.39 is 0 Å². The highest BCUT2D eigenvalue weighted by molar-refractivity contribution is 7.14. The summed E-state index contributed by atoms with van der Waals surface area (Å²) in [6, 6.07) is 1.95. The molecule has 0 aliphatic carbocycles. The Morgan fingerprint density at radius 1 is 1.50 bits per heavy atom. The first-order valence-corrected chi connectivity index (χ1v) is 7.18. The fourth-order valence-corrected chi connectivity index (χ4v) is 3.04. The molecule has 1 amide bonds. The lowest BCUT2D eigenvalue weighted by Gasteiger charge is -2.31. The smallest absolute Gasteiger partial charge is 0.261 e. The van der Waals surface area contributed by atoms with Gasteiger partial charge in [0.15, 0.2) is 0 Å². The van der Waals surface area contributed by atoms with E-state index in [0.717, 1.165) is 11.3 Å². The predicted octanol–water partition coefficient (Wildman–Crippen LogP) is 2.86. The summed E-state index contributed by atoms with van der Waals surface area (Å²) in [5.41, 5.74) is 6.65. The van der Waals surface area contributed by atoms with Crippen molar-refractivity contribution in [2.24, 2.45) is 11.7 Å². The van der Waals surface area contributed by atoms with Crippen LogP contribution in [0.5, 0.6) is 0 Å². The van der Waals surface area contributed by atoms with Crippen molar-refractivity contribution in [2.75, 3.05) is 6.54 Å². The number of aryl methyl sites for hydroxylation is 2. The molecular formula is C14H24N2OS. The molecule has 3 nitrogen and oxygen atoms in total. The number of hydrogen-bond donors (Lipinski definition) is 2. The molecule has 1 rings (SSSR count). The number of nitrogens with one attached hydrogen (secondary N) is 1. The minimum absolute atomic E-state index is 0.00944. The molecule has 0 aliphatic heterocycles. The van der Waals surface area contributed by atoms with Crippen LogP contribution in [0.3, 0.4) is 0 Å². The molecular weight excluding hydrogens is 244 g/mol. The maximum absolute atomic E-state index is 12.2. The quantitative estimate of drug-likeness (QED) is 0.862. The van der Waals surface area contributed by atoms with Gasteiger partial charge in [0.25, 0.3) is 5.91 Å². The molecule has 102 valence electrons. The zero-order valence-electron chi connectivity index (χ0n) is 12.0. The molecule has 0 bridgehead atoms. The third-order valence-corrected chi connectivity index (χ3v) is 4.27. The Morgan fingerprint density at radius 3 is 2.50 bits per heavy atom. The van der Waals surface area contributed by atoms with Crippen molar-refractivity contribution in [1.82, 2.24) is 5.32 Å². The lowest BCUT2D eigenvalue weighted by atomic mass is 9.90. The zero-order chi connectivity index (χ0) is 13.9. The number of amides is 1. The van der Waals surface area contributed by atoms with Gasteiger partial charge in [-0.2, -0.15) is 0 Å². The third kappa shape index (κ3) is 3.82. The van der Waals surface area contributed by atoms with E-state index in [1.54, 1.807) is 0 Å². The third-order valence-electron chi connectivity index (χ3n) is 3.11. The van der Waals surface area contributed by atoms with E-state index in [2.05, 4.69) is 19.2 Å². The molecule has 1 heterocycles. The van der Waals surface area contributed by atoms with E-state index in [0.29, 0.717) is 12.5 Å². The highest BCUT2D eigenvalue weighted by atomic mass is 32.1. The predicted molar refractivity (Wildman–Crippen MR) is 78.2 cm³/mol. The van der Waals surface area contributed by atoms with Crippen LogP contribution in [0.2, 0.25) is 0 Å². The number of nitrogens with two attached hydrogens (primary N) is 1. The van der Waals surface area contributed by atoms with Crippen LogP contribution in [0.25, 0.3) is 0 Å². The van der Waals surface area contributed by atoms with Crippen LogP contribution in [0.15, 0.2) is 6.07 Å². The fraction of sp³-hybridized carbons (Fsp3) is 0.643. The molecule has 0 aromatic carbocycles. The van der Waals surface area contributed by atoms with Gasteiger partial charge in [0.05, 0.1) is 10.4 Å². The monoisotopic (exact) mass is 268 g/mol. The molecule has 18 heavy (non-hydrogen) atoms. The molecule has 0 saturated carbocycles. The fourth-order valence-electron chi connectivity index (χ4n) is 2.11. The van der Waals surface area contributed by atoms with E-state index in [1.807, 2.05) is 26.8 Å². The molecule has 3 N–H and O–H groups in total. The van der Waals surface area contributed by atoms with E-state index in [4.69, 9.17) is 5.73 Å². The topological polar surface area (TPSA) is 55.1 Å². The standard InChI is InChI=1S/C14H24N2OS/c1-9(2)7-14(5,8-15)16-13(17)12-6-10(3)11(4)18-12/h6,9H,7-8,15H2,1-5H3,(H,16,17). The summed E-state index contributed by atoms with van der Waals surface area (Å²) in [7, 11) is 0. The van der Waals surface area contributed by atoms with Crippen LogP contribution >= 0.6 is 11.3 Å². The van der Waals surface area contributed by atoms with Gasteiger partial charge >= 0.3 is 0 Å². The number of hydrogen-bond acceptors (Lipinski definition) is 3. The van der Waals surface area contributed by atoms with Gasteiger partial charge in [0.2, 0.25) is 0 Å². The van der Waals surface area contributed by atoms with Gasteiger partial charge in [0, 0.05) is 11.4 Å². The van der Waals surface area contributed by atoms with Crippen LogP contribution in [0.4, 0.5) is 0 Å². The maximum Gasteiger partial charge on any atom is 0.261 e. The van der Waals surface area contributed by atoms with Gasteiger partial charge in [-0.15, -0.1) is 11.3 Å². The molecule has 0 spiro atoms. The van der Waals surface area contributed by atoms with Crippen LogP contribution in [-0.2, 0) is 0 Å². The van der Waals surface area contributed by atoms with E-state index in [1.165, 1.54) is 21.8 Å². The van der Waals surface area contributed by atoms with Crippen LogP contribution in [-0.4, -0.2) is 18.0 Å². The van der Waals surface area contributed by atoms with E-state index >= 15 is 0 Å². The Kier molecular flexibility index (Phi) is 4.93. The summed E-state index contributed by atoms with van der Waals surface area (Å²) < 4.78 is 0. The molecule has 1 unspecified atom stereocenters. The van der Waals surface area contributed by atoms with Gasteiger partial charge in [-0.05, 0) is 44.7 Å². The number of carbonyl (C=O) groups excluding carboxylic acids is 1. The van der Waals surface area contributed by atoms with Gasteiger partial charge in [0.1, 0.15) is 0 Å². The van der Waals surface area contributed by atoms with Gasteiger partial charge in [-0.3, -0.25) is 4.79 Å². The molecule has 0 aliphatic rings. The minimum atomic E-state index is -0.322. The van der Waals surface area contributed by atoms with Crippen molar-refractivity contribution < 1.29 is 4.79 Å². The maximum atomic E-state index is 12.2. The second kappa shape index (κ2) is 5.85. The van der Waals surface area contributed by atoms with Gasteiger partial charge in [-0.1, -0.05) is 13.8 Å². The van der Waals surface area contributed by atoms with Crippen molar-refractivity contribution in [3.8, 4) is 0 Å². The lowest BCUT2D eigenvalue weighted by molar-refractivity contribution is 0.0902. The Labute approximate surface area is 114 Å². The summed E-state index contributed by atoms with van der Waals surface area (Å²) in [5.74, 6) is 0.496. The first kappa shape index (κ1) is 15.2. The normalized spacial score (nSPS) is 14.6. The van der Waals surface area contributed by atoms with Crippen LogP contribution < -0.4 is 11.1 Å². The van der Waals surface area contributed by atoms with Crippen LogP contribution in [0, 0.1) is 19.8 Å². The Morgan fingerprint density at radius 2 is 2.11 bits per heavy atom. The summed E-state index contributed by atoms with van der Waals surface area (Å²) in [6.07, 6.45) is 0.887. The van der Waals surface area contributed by atoms with Crippen molar-refractivity contribution in [3.63, 3.8) is 0 Å². The average molecular weight is 268 g/mol. The average Bonchev–Trinajstić information content (AvgIpc) is 2.58. The van der Waals surface area contributed by atoms with E-state index in [-0.39, 0.29) is 11.4 Å². The van der Waals surface area contributed by atoms with Crippen molar-refractivity contribution in [3.05, 3.63) is 21.4 Å². The Bertz CT molecular complexity index is 406. The largest absolute Gasteiger partial charge is 0.345 e. The Balaban J connectivity index is 2.79. The van der Waals surface area contributed by atoms with E-state index in [9.17, 15) is 4.79 Å². The molecule has 0 fully saturated rings. The first-order chi connectivity index (χ1) is 8.27. The van der Waals surface area contributed by atoms with Crippen LogP contribution in [0.1, 0.15) is 47.3 Å². The molecule has 1 atom stereocenters. The SMILES string of the molecule is Cc1cc(C(=O)NC(C)(CN)CC(C)C)sc1C. The molecule has 4 heteroatoms. The van der Waals surface area contributed by atoms with Crippen molar-refractivity contribution >= 4 is 17.2 Å². The second-order valence-corrected chi connectivity index (χ2v) is 6.92. The van der Waals surface area contributed by atoms with Crippen molar-refractivity contribution in [2.45, 2.75) is 46.6 Å².